The number of allylic oxidation sites excluding steroid dienone is 1. The molecule has 3 aromatic rings. The molecule has 1 unspecified atom stereocenters. The highest BCUT2D eigenvalue weighted by Crippen LogP contribution is 2.38. The van der Waals surface area contributed by atoms with Crippen LogP contribution in [0.25, 0.3) is 6.08 Å². The molecule has 9 nitrogen and oxygen atoms in total. The molecule has 0 bridgehead atoms. The number of hydrogen-bond donors (Lipinski definition) is 0. The predicted molar refractivity (Wildman–Crippen MR) is 140 cm³/mol. The Hall–Kier alpha value is -3.57. The van der Waals surface area contributed by atoms with Crippen LogP contribution >= 0.6 is 27.3 Å². The van der Waals surface area contributed by atoms with E-state index in [4.69, 9.17) is 23.7 Å². The molecule has 2 aliphatic heterocycles. The van der Waals surface area contributed by atoms with Gasteiger partial charge in [-0.15, -0.1) is 0 Å². The number of methoxy groups -OCH3 is 2. The number of benzene rings is 2. The molecule has 37 heavy (non-hydrogen) atoms. The number of aromatic nitrogens is 1. The minimum atomic E-state index is -0.753. The Morgan fingerprint density at radius 2 is 1.95 bits per heavy atom. The van der Waals surface area contributed by atoms with E-state index in [0.29, 0.717) is 59.2 Å². The molecule has 1 aromatic heterocycles. The summed E-state index contributed by atoms with van der Waals surface area (Å²) in [5.41, 5.74) is 1.85. The van der Waals surface area contributed by atoms with Crippen molar-refractivity contribution in [2.45, 2.75) is 19.9 Å². The average Bonchev–Trinajstić information content (AvgIpc) is 3.47. The Balaban J connectivity index is 1.73. The third kappa shape index (κ3) is 4.42. The molecule has 0 saturated heterocycles. The Labute approximate surface area is 224 Å². The van der Waals surface area contributed by atoms with Crippen molar-refractivity contribution < 1.29 is 28.5 Å². The summed E-state index contributed by atoms with van der Waals surface area (Å²) in [6.07, 6.45) is 1.74. The molecular formula is C26H23BrN2O7S. The number of carbonyl (C=O) groups excluding carboxylic acids is 1. The summed E-state index contributed by atoms with van der Waals surface area (Å²) in [5, 5.41) is 0. The molecule has 1 atom stereocenters. The quantitative estimate of drug-likeness (QED) is 0.409. The van der Waals surface area contributed by atoms with Crippen molar-refractivity contribution in [3.63, 3.8) is 0 Å². The minimum absolute atomic E-state index is 0.112. The highest BCUT2D eigenvalue weighted by molar-refractivity contribution is 9.10. The number of carbonyl (C=O) groups is 1. The zero-order valence-corrected chi connectivity index (χ0v) is 22.9. The van der Waals surface area contributed by atoms with Crippen molar-refractivity contribution in [3.8, 4) is 23.0 Å². The van der Waals surface area contributed by atoms with E-state index in [1.165, 1.54) is 15.9 Å². The third-order valence-corrected chi connectivity index (χ3v) is 7.62. The summed E-state index contributed by atoms with van der Waals surface area (Å²) < 4.78 is 29.9. The number of thiazole rings is 1. The fourth-order valence-electron chi connectivity index (χ4n) is 4.33. The maximum Gasteiger partial charge on any atom is 0.338 e. The number of hydrogen-bond acceptors (Lipinski definition) is 9. The van der Waals surface area contributed by atoms with Gasteiger partial charge in [0.15, 0.2) is 16.3 Å². The lowest BCUT2D eigenvalue weighted by molar-refractivity contribution is -0.139. The van der Waals surface area contributed by atoms with Gasteiger partial charge in [-0.2, -0.15) is 0 Å². The largest absolute Gasteiger partial charge is 0.496 e. The van der Waals surface area contributed by atoms with Gasteiger partial charge in [-0.3, -0.25) is 9.36 Å². The van der Waals surface area contributed by atoms with Gasteiger partial charge in [-0.1, -0.05) is 17.4 Å². The van der Waals surface area contributed by atoms with Crippen molar-refractivity contribution in [2.24, 2.45) is 4.99 Å². The van der Waals surface area contributed by atoms with E-state index in [0.717, 1.165) is 0 Å². The fraction of sp³-hybridized carbons (Fsp3) is 0.269. The molecule has 0 N–H and O–H groups in total. The van der Waals surface area contributed by atoms with Gasteiger partial charge < -0.3 is 23.7 Å². The summed E-state index contributed by atoms with van der Waals surface area (Å²) in [6.45, 7) is 3.78. The zero-order chi connectivity index (χ0) is 26.3. The molecule has 0 aliphatic carbocycles. The monoisotopic (exact) mass is 586 g/mol. The van der Waals surface area contributed by atoms with E-state index < -0.39 is 12.0 Å². The standard InChI is InChI=1S/C26H23BrN2O7S/c1-5-34-25(31)22-13(2)28-26-29(23(22)14-6-7-17-20(9-14)36-12-35-17)24(30)21(37-26)10-15-8-16(27)19(33-4)11-18(15)32-3/h6-11,23H,5,12H2,1-4H3. The normalized spacial score (nSPS) is 16.4. The lowest BCUT2D eigenvalue weighted by Crippen LogP contribution is -2.39. The van der Waals surface area contributed by atoms with Gasteiger partial charge >= 0.3 is 5.97 Å². The van der Waals surface area contributed by atoms with Crippen LogP contribution in [0.1, 0.15) is 31.0 Å². The van der Waals surface area contributed by atoms with Crippen LogP contribution in [0.15, 0.2) is 55.9 Å². The van der Waals surface area contributed by atoms with Gasteiger partial charge in [0.05, 0.1) is 47.1 Å². The van der Waals surface area contributed by atoms with Crippen molar-refractivity contribution >= 4 is 39.3 Å². The van der Waals surface area contributed by atoms with Crippen LogP contribution in [-0.4, -0.2) is 38.2 Å². The van der Waals surface area contributed by atoms with Crippen molar-refractivity contribution in [1.82, 2.24) is 4.57 Å². The van der Waals surface area contributed by atoms with Crippen LogP contribution in [-0.2, 0) is 9.53 Å². The smallest absolute Gasteiger partial charge is 0.338 e. The van der Waals surface area contributed by atoms with Crippen LogP contribution in [0.5, 0.6) is 23.0 Å². The number of esters is 1. The van der Waals surface area contributed by atoms with Gasteiger partial charge in [-0.05, 0) is 59.6 Å². The Bertz CT molecular complexity index is 1620. The van der Waals surface area contributed by atoms with Crippen LogP contribution in [0.2, 0.25) is 0 Å². The predicted octanol–water partition coefficient (Wildman–Crippen LogP) is 3.31. The second-order valence-electron chi connectivity index (χ2n) is 8.14. The number of nitrogens with zero attached hydrogens (tertiary/aromatic N) is 2. The second kappa shape index (κ2) is 10.1. The number of halogens is 1. The molecule has 0 saturated carbocycles. The van der Waals surface area contributed by atoms with Crippen LogP contribution in [0, 0.1) is 0 Å². The molecular weight excluding hydrogens is 564 g/mol. The summed E-state index contributed by atoms with van der Waals surface area (Å²) in [6, 6.07) is 8.18. The Morgan fingerprint density at radius 3 is 2.68 bits per heavy atom. The van der Waals surface area contributed by atoms with Gasteiger partial charge in [-0.25, -0.2) is 9.79 Å². The molecule has 0 spiro atoms. The number of fused-ring (bicyclic) bond motifs is 2. The topological polar surface area (TPSA) is 97.6 Å². The van der Waals surface area contributed by atoms with Crippen molar-refractivity contribution in [3.05, 3.63) is 76.9 Å². The van der Waals surface area contributed by atoms with E-state index in [-0.39, 0.29) is 19.0 Å². The maximum absolute atomic E-state index is 13.9. The van der Waals surface area contributed by atoms with Crippen molar-refractivity contribution in [1.29, 1.82) is 0 Å². The van der Waals surface area contributed by atoms with E-state index in [9.17, 15) is 9.59 Å². The van der Waals surface area contributed by atoms with E-state index in [1.54, 1.807) is 52.3 Å². The van der Waals surface area contributed by atoms with Crippen LogP contribution < -0.4 is 33.8 Å². The minimum Gasteiger partial charge on any atom is -0.496 e. The third-order valence-electron chi connectivity index (χ3n) is 6.02. The van der Waals surface area contributed by atoms with Gasteiger partial charge in [0.25, 0.3) is 5.56 Å². The Kier molecular flexibility index (Phi) is 6.82. The summed E-state index contributed by atoms with van der Waals surface area (Å²) in [4.78, 5) is 32.0. The van der Waals surface area contributed by atoms with Crippen molar-refractivity contribution in [2.75, 3.05) is 27.6 Å². The summed E-state index contributed by atoms with van der Waals surface area (Å²) >= 11 is 4.72. The molecule has 192 valence electrons. The van der Waals surface area contributed by atoms with E-state index in [2.05, 4.69) is 20.9 Å². The summed E-state index contributed by atoms with van der Waals surface area (Å²) in [5.74, 6) is 1.77. The first-order valence-corrected chi connectivity index (χ1v) is 13.0. The molecule has 0 amide bonds. The molecule has 5 rings (SSSR count). The Morgan fingerprint density at radius 1 is 1.19 bits per heavy atom. The van der Waals surface area contributed by atoms with Crippen LogP contribution in [0.4, 0.5) is 0 Å². The second-order valence-corrected chi connectivity index (χ2v) is 10.0. The number of ether oxygens (including phenoxy) is 5. The highest BCUT2D eigenvalue weighted by Gasteiger charge is 2.34. The fourth-order valence-corrected chi connectivity index (χ4v) is 5.89. The SMILES string of the molecule is CCOC(=O)C1=C(C)N=c2sc(=Cc3cc(Br)c(OC)cc3OC)c(=O)n2C1c1ccc2c(c1)OCO2. The molecule has 11 heteroatoms. The zero-order valence-electron chi connectivity index (χ0n) is 20.5. The lowest BCUT2D eigenvalue weighted by Gasteiger charge is -2.24. The van der Waals surface area contributed by atoms with Gasteiger partial charge in [0.2, 0.25) is 6.79 Å². The van der Waals surface area contributed by atoms with E-state index >= 15 is 0 Å². The molecule has 2 aliphatic rings. The molecule has 2 aromatic carbocycles. The highest BCUT2D eigenvalue weighted by atomic mass is 79.9. The average molecular weight is 587 g/mol. The first-order valence-electron chi connectivity index (χ1n) is 11.4. The first kappa shape index (κ1) is 25.1. The lowest BCUT2D eigenvalue weighted by atomic mass is 9.95. The molecule has 0 fully saturated rings. The summed E-state index contributed by atoms with van der Waals surface area (Å²) in [7, 11) is 3.12. The van der Waals surface area contributed by atoms with Gasteiger partial charge in [0, 0.05) is 11.6 Å². The van der Waals surface area contributed by atoms with E-state index in [1.807, 2.05) is 12.1 Å². The number of rotatable bonds is 6. The molecule has 3 heterocycles. The van der Waals surface area contributed by atoms with Gasteiger partial charge in [0.1, 0.15) is 11.5 Å². The first-order chi connectivity index (χ1) is 17.9. The maximum atomic E-state index is 13.9. The van der Waals surface area contributed by atoms with Crippen LogP contribution in [0.3, 0.4) is 0 Å². The molecule has 0 radical (unpaired) electrons.